The Bertz CT molecular complexity index is 640. The average molecular weight is 446 g/mol. The van der Waals surface area contributed by atoms with Crippen molar-refractivity contribution in [2.75, 3.05) is 26.0 Å². The maximum Gasteiger partial charge on any atom is 0.191 e. The van der Waals surface area contributed by atoms with Crippen LogP contribution in [-0.2, 0) is 13.1 Å². The van der Waals surface area contributed by atoms with E-state index in [0.29, 0.717) is 13.1 Å². The molecule has 2 aromatic rings. The van der Waals surface area contributed by atoms with E-state index in [1.165, 1.54) is 4.88 Å². The van der Waals surface area contributed by atoms with Crippen molar-refractivity contribution < 1.29 is 0 Å². The van der Waals surface area contributed by atoms with Crippen molar-refractivity contribution in [3.63, 3.8) is 0 Å². The zero-order chi connectivity index (χ0) is 15.9. The maximum atomic E-state index is 4.40. The van der Waals surface area contributed by atoms with E-state index in [9.17, 15) is 0 Å². The molecule has 2 aromatic heterocycles. The highest BCUT2D eigenvalue weighted by Crippen LogP contribution is 2.14. The molecule has 0 unspecified atom stereocenters. The van der Waals surface area contributed by atoms with Gasteiger partial charge in [0, 0.05) is 50.5 Å². The Morgan fingerprint density at radius 2 is 2.00 bits per heavy atom. The van der Waals surface area contributed by atoms with Gasteiger partial charge in [0.1, 0.15) is 10.8 Å². The number of pyridine rings is 1. The molecule has 0 saturated heterocycles. The van der Waals surface area contributed by atoms with Gasteiger partial charge in [0.15, 0.2) is 5.96 Å². The number of anilines is 1. The number of rotatable bonds is 5. The number of hydrogen-bond acceptors (Lipinski definition) is 5. The van der Waals surface area contributed by atoms with Crippen LogP contribution in [0.25, 0.3) is 0 Å². The summed E-state index contributed by atoms with van der Waals surface area (Å²) in [5.41, 5.74) is 1.13. The van der Waals surface area contributed by atoms with Crippen LogP contribution in [0.1, 0.15) is 15.4 Å². The molecule has 0 aliphatic carbocycles. The number of aliphatic imine (C=N–C) groups is 1. The van der Waals surface area contributed by atoms with Gasteiger partial charge in [0.25, 0.3) is 0 Å². The third-order valence-electron chi connectivity index (χ3n) is 3.04. The molecule has 6 nitrogen and oxygen atoms in total. The largest absolute Gasteiger partial charge is 0.362 e. The molecule has 0 fully saturated rings. The fourth-order valence-corrected chi connectivity index (χ4v) is 2.74. The van der Waals surface area contributed by atoms with Gasteiger partial charge in [-0.3, -0.25) is 4.99 Å². The first-order valence-electron chi connectivity index (χ1n) is 7.07. The lowest BCUT2D eigenvalue weighted by atomic mass is 10.2. The third-order valence-corrected chi connectivity index (χ3v) is 3.95. The van der Waals surface area contributed by atoms with Crippen molar-refractivity contribution >= 4 is 47.1 Å². The summed E-state index contributed by atoms with van der Waals surface area (Å²) in [6.07, 6.45) is 3.69. The molecule has 0 radical (unpaired) electrons. The third kappa shape index (κ3) is 5.94. The molecule has 0 spiro atoms. The molecule has 23 heavy (non-hydrogen) atoms. The molecule has 0 saturated carbocycles. The van der Waals surface area contributed by atoms with Crippen molar-refractivity contribution in [1.82, 2.24) is 20.6 Å². The van der Waals surface area contributed by atoms with Crippen molar-refractivity contribution in [3.8, 4) is 0 Å². The number of aromatic nitrogens is 2. The minimum absolute atomic E-state index is 0. The van der Waals surface area contributed by atoms with Crippen molar-refractivity contribution in [2.45, 2.75) is 20.0 Å². The second kappa shape index (κ2) is 9.66. The van der Waals surface area contributed by atoms with Crippen LogP contribution in [0, 0.1) is 6.92 Å². The van der Waals surface area contributed by atoms with Crippen LogP contribution < -0.4 is 15.5 Å². The average Bonchev–Trinajstić information content (AvgIpc) is 2.93. The summed E-state index contributed by atoms with van der Waals surface area (Å²) in [7, 11) is 5.74. The van der Waals surface area contributed by atoms with E-state index < -0.39 is 0 Å². The van der Waals surface area contributed by atoms with Crippen LogP contribution in [0.2, 0.25) is 0 Å². The van der Waals surface area contributed by atoms with Gasteiger partial charge in [-0.25, -0.2) is 9.97 Å². The van der Waals surface area contributed by atoms with Crippen molar-refractivity contribution in [3.05, 3.63) is 40.0 Å². The standard InChI is InChI=1S/C15H22N6S.HI/c1-11-8-18-13(22-11)10-20-15(16-2)19-9-12-6-5-7-17-14(12)21(3)4;/h5-8H,9-10H2,1-4H3,(H2,16,19,20);1H. The summed E-state index contributed by atoms with van der Waals surface area (Å²) in [5.74, 6) is 1.71. The van der Waals surface area contributed by atoms with Crippen LogP contribution in [0.15, 0.2) is 29.5 Å². The Morgan fingerprint density at radius 3 is 2.61 bits per heavy atom. The molecule has 2 heterocycles. The van der Waals surface area contributed by atoms with Crippen molar-refractivity contribution in [2.24, 2.45) is 4.99 Å². The highest BCUT2D eigenvalue weighted by atomic mass is 127. The molecule has 126 valence electrons. The van der Waals surface area contributed by atoms with Crippen molar-refractivity contribution in [1.29, 1.82) is 0 Å². The minimum atomic E-state index is 0. The summed E-state index contributed by atoms with van der Waals surface area (Å²) < 4.78 is 0. The lowest BCUT2D eigenvalue weighted by Gasteiger charge is -2.17. The quantitative estimate of drug-likeness (QED) is 0.420. The number of halogens is 1. The number of nitrogens with one attached hydrogen (secondary N) is 2. The first-order chi connectivity index (χ1) is 10.6. The van der Waals surface area contributed by atoms with E-state index >= 15 is 0 Å². The number of nitrogens with zero attached hydrogens (tertiary/aromatic N) is 4. The lowest BCUT2D eigenvalue weighted by molar-refractivity contribution is 0.800. The lowest BCUT2D eigenvalue weighted by Crippen LogP contribution is -2.36. The Labute approximate surface area is 158 Å². The summed E-state index contributed by atoms with van der Waals surface area (Å²) in [5, 5.41) is 7.63. The normalized spacial score (nSPS) is 10.9. The Morgan fingerprint density at radius 1 is 1.26 bits per heavy atom. The maximum absolute atomic E-state index is 4.40. The highest BCUT2D eigenvalue weighted by Gasteiger charge is 2.06. The molecule has 0 aliphatic rings. The zero-order valence-corrected chi connectivity index (χ0v) is 17.0. The SMILES string of the molecule is CN=C(NCc1ncc(C)s1)NCc1cccnc1N(C)C.I. The number of thiazole rings is 1. The van der Waals surface area contributed by atoms with E-state index in [0.717, 1.165) is 22.3 Å². The van der Waals surface area contributed by atoms with Gasteiger partial charge in [0.05, 0.1) is 6.54 Å². The summed E-state index contributed by atoms with van der Waals surface area (Å²) in [4.78, 5) is 16.2. The second-order valence-corrected chi connectivity index (χ2v) is 6.34. The molecule has 2 rings (SSSR count). The minimum Gasteiger partial charge on any atom is -0.362 e. The topological polar surface area (TPSA) is 65.4 Å². The fourth-order valence-electron chi connectivity index (χ4n) is 2.01. The Balaban J connectivity index is 0.00000264. The zero-order valence-electron chi connectivity index (χ0n) is 13.8. The Kier molecular flexibility index (Phi) is 8.24. The molecule has 8 heteroatoms. The number of hydrogen-bond donors (Lipinski definition) is 2. The number of aryl methyl sites for hydroxylation is 1. The predicted octanol–water partition coefficient (Wildman–Crippen LogP) is 2.40. The molecule has 0 aliphatic heterocycles. The summed E-state index contributed by atoms with van der Waals surface area (Å²) in [6.45, 7) is 3.39. The first-order valence-corrected chi connectivity index (χ1v) is 7.89. The fraction of sp³-hybridized carbons (Fsp3) is 0.400. The van der Waals surface area contributed by atoms with E-state index in [-0.39, 0.29) is 24.0 Å². The van der Waals surface area contributed by atoms with Crippen LogP contribution >= 0.6 is 35.3 Å². The van der Waals surface area contributed by atoms with E-state index in [1.54, 1.807) is 24.6 Å². The van der Waals surface area contributed by atoms with Gasteiger partial charge in [-0.05, 0) is 13.0 Å². The second-order valence-electron chi connectivity index (χ2n) is 5.02. The first kappa shape index (κ1) is 19.6. The van der Waals surface area contributed by atoms with Gasteiger partial charge < -0.3 is 15.5 Å². The van der Waals surface area contributed by atoms with Crippen LogP contribution in [-0.4, -0.2) is 37.1 Å². The molecular formula is C15H23IN6S. The molecule has 0 atom stereocenters. The molecule has 0 amide bonds. The monoisotopic (exact) mass is 446 g/mol. The highest BCUT2D eigenvalue weighted by molar-refractivity contribution is 14.0. The van der Waals surface area contributed by atoms with Gasteiger partial charge in [0.2, 0.25) is 0 Å². The smallest absolute Gasteiger partial charge is 0.191 e. The van der Waals surface area contributed by atoms with E-state index in [2.05, 4.69) is 38.6 Å². The van der Waals surface area contributed by atoms with Crippen LogP contribution in [0.3, 0.4) is 0 Å². The molecule has 0 bridgehead atoms. The van der Waals surface area contributed by atoms with Crippen LogP contribution in [0.5, 0.6) is 0 Å². The van der Waals surface area contributed by atoms with Gasteiger partial charge >= 0.3 is 0 Å². The Hall–Kier alpha value is -1.42. The predicted molar refractivity (Wildman–Crippen MR) is 108 cm³/mol. The molecular weight excluding hydrogens is 423 g/mol. The molecule has 2 N–H and O–H groups in total. The summed E-state index contributed by atoms with van der Waals surface area (Å²) >= 11 is 1.69. The van der Waals surface area contributed by atoms with Gasteiger partial charge in [-0.15, -0.1) is 35.3 Å². The van der Waals surface area contributed by atoms with E-state index in [1.807, 2.05) is 31.3 Å². The van der Waals surface area contributed by atoms with Crippen LogP contribution in [0.4, 0.5) is 5.82 Å². The van der Waals surface area contributed by atoms with E-state index in [4.69, 9.17) is 0 Å². The number of guanidine groups is 1. The summed E-state index contributed by atoms with van der Waals surface area (Å²) in [6, 6.07) is 4.01. The van der Waals surface area contributed by atoms with Gasteiger partial charge in [-0.2, -0.15) is 0 Å². The molecule has 0 aromatic carbocycles. The van der Waals surface area contributed by atoms with Gasteiger partial charge in [-0.1, -0.05) is 6.07 Å².